The van der Waals surface area contributed by atoms with E-state index in [1.54, 1.807) is 0 Å². The molecule has 0 bridgehead atoms. The number of allylic oxidation sites excluding steroid dienone is 4. The van der Waals surface area contributed by atoms with E-state index in [0.717, 1.165) is 38.5 Å². The molecule has 154 valence electrons. The predicted octanol–water partition coefficient (Wildman–Crippen LogP) is 1.54. The van der Waals surface area contributed by atoms with E-state index in [2.05, 4.69) is 31.2 Å². The minimum absolute atomic E-state index is 0. The number of rotatable bonds is 15. The fraction of sp³-hybridized carbons (Fsp3) is 0.739. The molecule has 1 saturated heterocycles. The van der Waals surface area contributed by atoms with Gasteiger partial charge in [0.1, 0.15) is 0 Å². The third-order valence-corrected chi connectivity index (χ3v) is 5.19. The van der Waals surface area contributed by atoms with Gasteiger partial charge in [-0.1, -0.05) is 63.3 Å². The van der Waals surface area contributed by atoms with Crippen LogP contribution in [0.3, 0.4) is 0 Å². The van der Waals surface area contributed by atoms with Crippen LogP contribution >= 0.6 is 0 Å². The van der Waals surface area contributed by atoms with Gasteiger partial charge >= 0.3 is 29.6 Å². The second kappa shape index (κ2) is 18.4. The molecule has 0 aromatic heterocycles. The van der Waals surface area contributed by atoms with E-state index in [0.29, 0.717) is 19.4 Å². The average Bonchev–Trinajstić information content (AvgIpc) is 3.15. The Labute approximate surface area is 194 Å². The van der Waals surface area contributed by atoms with Crippen molar-refractivity contribution in [2.75, 3.05) is 6.54 Å². The summed E-state index contributed by atoms with van der Waals surface area (Å²) in [6.07, 6.45) is 23.6. The Hall–Kier alpha value is -0.580. The fourth-order valence-electron chi connectivity index (χ4n) is 3.54. The summed E-state index contributed by atoms with van der Waals surface area (Å²) < 4.78 is 0. The summed E-state index contributed by atoms with van der Waals surface area (Å²) in [4.78, 5) is 24.6. The van der Waals surface area contributed by atoms with E-state index < -0.39 is 12.0 Å². The van der Waals surface area contributed by atoms with Crippen LogP contribution in [0, 0.1) is 0 Å². The number of hydrogen-bond donors (Lipinski definition) is 0. The second-order valence-electron chi connectivity index (χ2n) is 7.54. The van der Waals surface area contributed by atoms with Gasteiger partial charge in [0.2, 0.25) is 5.91 Å². The van der Waals surface area contributed by atoms with Crippen LogP contribution in [-0.4, -0.2) is 29.4 Å². The number of likely N-dealkylation sites (tertiary alicyclic amines) is 1. The first-order chi connectivity index (χ1) is 13.2. The van der Waals surface area contributed by atoms with Crippen LogP contribution in [0.2, 0.25) is 0 Å². The fourth-order valence-corrected chi connectivity index (χ4v) is 3.54. The number of aliphatic carboxylic acids is 1. The van der Waals surface area contributed by atoms with Gasteiger partial charge in [0.25, 0.3) is 0 Å². The molecule has 28 heavy (non-hydrogen) atoms. The van der Waals surface area contributed by atoms with Crippen molar-refractivity contribution in [1.29, 1.82) is 0 Å². The van der Waals surface area contributed by atoms with Gasteiger partial charge < -0.3 is 14.8 Å². The average molecular weight is 400 g/mol. The van der Waals surface area contributed by atoms with E-state index in [1.165, 1.54) is 43.4 Å². The molecule has 0 unspecified atom stereocenters. The molecule has 1 amide bonds. The largest absolute Gasteiger partial charge is 1.00 e. The Bertz CT molecular complexity index is 476. The zero-order chi connectivity index (χ0) is 19.7. The summed E-state index contributed by atoms with van der Waals surface area (Å²) >= 11 is 0. The molecule has 0 saturated carbocycles. The second-order valence-corrected chi connectivity index (χ2v) is 7.54. The van der Waals surface area contributed by atoms with Crippen LogP contribution < -0.4 is 34.7 Å². The number of hydrogen-bond acceptors (Lipinski definition) is 3. The van der Waals surface area contributed by atoms with Gasteiger partial charge in [-0.05, 0) is 51.4 Å². The van der Waals surface area contributed by atoms with Gasteiger partial charge in [-0.15, -0.1) is 0 Å². The minimum atomic E-state index is -1.11. The first kappa shape index (κ1) is 27.4. The van der Waals surface area contributed by atoms with E-state index in [1.807, 2.05) is 0 Å². The number of unbranched alkanes of at least 4 members (excludes halogenated alkanes) is 8. The van der Waals surface area contributed by atoms with Crippen LogP contribution in [-0.2, 0) is 9.59 Å². The van der Waals surface area contributed by atoms with Crippen molar-refractivity contribution >= 4 is 11.9 Å². The van der Waals surface area contributed by atoms with Crippen molar-refractivity contribution in [3.05, 3.63) is 24.3 Å². The molecule has 1 heterocycles. The maximum absolute atomic E-state index is 12.1. The van der Waals surface area contributed by atoms with Crippen LogP contribution in [0.25, 0.3) is 0 Å². The first-order valence-corrected chi connectivity index (χ1v) is 11.0. The van der Waals surface area contributed by atoms with Crippen LogP contribution in [0.4, 0.5) is 0 Å². The monoisotopic (exact) mass is 399 g/mol. The Morgan fingerprint density at radius 1 is 0.929 bits per heavy atom. The quantitative estimate of drug-likeness (QED) is 0.238. The predicted molar refractivity (Wildman–Crippen MR) is 109 cm³/mol. The van der Waals surface area contributed by atoms with E-state index in [4.69, 9.17) is 0 Å². The maximum atomic E-state index is 12.1. The van der Waals surface area contributed by atoms with E-state index in [9.17, 15) is 14.7 Å². The summed E-state index contributed by atoms with van der Waals surface area (Å²) in [5.74, 6) is -1.13. The molecule has 5 heteroatoms. The molecule has 0 spiro atoms. The summed E-state index contributed by atoms with van der Waals surface area (Å²) in [5, 5.41) is 11.0. The number of carbonyl (C=O) groups excluding carboxylic acids is 2. The summed E-state index contributed by atoms with van der Waals surface area (Å²) in [5.41, 5.74) is 0. The number of carboxylic acid groups (broad SMARTS) is 1. The molecule has 0 aromatic rings. The van der Waals surface area contributed by atoms with Crippen molar-refractivity contribution in [2.24, 2.45) is 0 Å². The number of amides is 1. The summed E-state index contributed by atoms with van der Waals surface area (Å²) in [6, 6.07) is -0.699. The van der Waals surface area contributed by atoms with Crippen molar-refractivity contribution < 1.29 is 44.3 Å². The molecule has 0 N–H and O–H groups in total. The zero-order valence-electron chi connectivity index (χ0n) is 18.2. The maximum Gasteiger partial charge on any atom is 1.00 e. The molecule has 0 aromatic carbocycles. The number of carbonyl (C=O) groups is 2. The van der Waals surface area contributed by atoms with Crippen molar-refractivity contribution in [1.82, 2.24) is 4.90 Å². The first-order valence-electron chi connectivity index (χ1n) is 11.0. The van der Waals surface area contributed by atoms with Crippen LogP contribution in [0.15, 0.2) is 24.3 Å². The zero-order valence-corrected chi connectivity index (χ0v) is 20.2. The third-order valence-electron chi connectivity index (χ3n) is 5.19. The number of carboxylic acids is 1. The summed E-state index contributed by atoms with van der Waals surface area (Å²) in [7, 11) is 0. The molecule has 1 rings (SSSR count). The van der Waals surface area contributed by atoms with Crippen LogP contribution in [0.5, 0.6) is 0 Å². The Kier molecular flexibility index (Phi) is 18.1. The Morgan fingerprint density at radius 3 is 2.18 bits per heavy atom. The minimum Gasteiger partial charge on any atom is -0.548 e. The van der Waals surface area contributed by atoms with Gasteiger partial charge in [0.15, 0.2) is 0 Å². The van der Waals surface area contributed by atoms with Gasteiger partial charge in [-0.25, -0.2) is 0 Å². The molecule has 1 aliphatic heterocycles. The van der Waals surface area contributed by atoms with Crippen molar-refractivity contribution in [3.63, 3.8) is 0 Å². The van der Waals surface area contributed by atoms with Gasteiger partial charge in [-0.3, -0.25) is 4.79 Å². The van der Waals surface area contributed by atoms with Gasteiger partial charge in [0, 0.05) is 13.0 Å². The molecule has 1 atom stereocenters. The molecule has 0 aliphatic carbocycles. The van der Waals surface area contributed by atoms with E-state index in [-0.39, 0.29) is 35.5 Å². The number of nitrogens with zero attached hydrogens (tertiary/aromatic N) is 1. The molecule has 0 radical (unpaired) electrons. The summed E-state index contributed by atoms with van der Waals surface area (Å²) in [6.45, 7) is 2.80. The topological polar surface area (TPSA) is 60.4 Å². The normalized spacial score (nSPS) is 16.8. The Morgan fingerprint density at radius 2 is 1.54 bits per heavy atom. The van der Waals surface area contributed by atoms with Crippen molar-refractivity contribution in [3.8, 4) is 0 Å². The molecule has 1 aliphatic rings. The molecular weight excluding hydrogens is 361 g/mol. The van der Waals surface area contributed by atoms with E-state index >= 15 is 0 Å². The SMILES string of the molecule is CCCCC/C=C\C/C=C\CCCCCCCC(=O)N1CCC[C@H]1C(=O)[O-].[Na+]. The molecule has 4 nitrogen and oxygen atoms in total. The Balaban J connectivity index is 0.00000729. The van der Waals surface area contributed by atoms with Crippen LogP contribution in [0.1, 0.15) is 96.8 Å². The van der Waals surface area contributed by atoms with Crippen molar-refractivity contribution in [2.45, 2.75) is 103 Å². The molecular formula is C23H38NNaO3. The standard InChI is InChI=1S/C23H39NO3.Na/c1-2-3-4-5-6-7-8-9-10-11-12-13-14-15-16-19-22(25)24-20-17-18-21(24)23(26)27;/h6-7,9-10,21H,2-5,8,11-20H2,1H3,(H,26,27);/q;+1/p-1/b7-6-,10-9-;/t21-;/m0./s1. The molecule has 1 fully saturated rings. The third kappa shape index (κ3) is 12.8. The van der Waals surface area contributed by atoms with Gasteiger partial charge in [-0.2, -0.15) is 0 Å². The smallest absolute Gasteiger partial charge is 0.548 e. The van der Waals surface area contributed by atoms with Gasteiger partial charge in [0.05, 0.1) is 12.0 Å².